The second-order valence-electron chi connectivity index (χ2n) is 25.0. The summed E-state index contributed by atoms with van der Waals surface area (Å²) in [5, 5.41) is 121. The third-order valence-electron chi connectivity index (χ3n) is 17.2. The van der Waals surface area contributed by atoms with Gasteiger partial charge in [-0.15, -0.1) is 0 Å². The highest BCUT2D eigenvalue weighted by molar-refractivity contribution is 5.76. The zero-order chi connectivity index (χ0) is 66.8. The number of aliphatic hydroxyl groups is 11. The minimum atomic E-state index is -1.98. The Labute approximate surface area is 552 Å². The first-order valence-corrected chi connectivity index (χ1v) is 35.5. The summed E-state index contributed by atoms with van der Waals surface area (Å²) in [5.74, 6) is -0.287. The van der Waals surface area contributed by atoms with E-state index in [1.807, 2.05) is 0 Å². The first-order valence-electron chi connectivity index (χ1n) is 35.5. The minimum absolute atomic E-state index is 0.205. The van der Waals surface area contributed by atoms with Gasteiger partial charge >= 0.3 is 0 Å². The zero-order valence-corrected chi connectivity index (χ0v) is 56.0. The van der Waals surface area contributed by atoms with Crippen molar-refractivity contribution in [2.75, 3.05) is 26.4 Å². The lowest BCUT2D eigenvalue weighted by atomic mass is 9.96. The third-order valence-corrected chi connectivity index (χ3v) is 17.2. The smallest absolute Gasteiger partial charge is 0.220 e. The van der Waals surface area contributed by atoms with Crippen molar-refractivity contribution in [2.24, 2.45) is 0 Å². The van der Waals surface area contributed by atoms with Crippen LogP contribution in [0.4, 0.5) is 0 Å². The fourth-order valence-electron chi connectivity index (χ4n) is 11.4. The quantitative estimate of drug-likeness (QED) is 0.0199. The molecule has 530 valence electrons. The number of allylic oxidation sites excluding steroid dienone is 16. The number of carbonyl (C=O) groups is 1. The predicted octanol–water partition coefficient (Wildman–Crippen LogP) is 9.66. The second-order valence-corrected chi connectivity index (χ2v) is 25.0. The normalized spacial score (nSPS) is 28.3. The van der Waals surface area contributed by atoms with Gasteiger partial charge in [-0.25, -0.2) is 0 Å². The molecule has 0 spiro atoms. The Morgan fingerprint density at radius 2 is 0.750 bits per heavy atom. The topological polar surface area (TPSA) is 307 Å². The van der Waals surface area contributed by atoms with E-state index in [-0.39, 0.29) is 18.9 Å². The Morgan fingerprint density at radius 3 is 1.15 bits per heavy atom. The molecule has 3 aliphatic heterocycles. The maximum atomic E-state index is 13.4. The molecule has 92 heavy (non-hydrogen) atoms. The van der Waals surface area contributed by atoms with Crippen molar-refractivity contribution >= 4 is 5.91 Å². The first kappa shape index (κ1) is 82.9. The van der Waals surface area contributed by atoms with E-state index in [1.165, 1.54) is 103 Å². The average Bonchev–Trinajstić information content (AvgIpc) is 0.854. The van der Waals surface area contributed by atoms with E-state index < -0.39 is 124 Å². The standard InChI is InChI=1S/C73H125NO18/c1-3-5-7-9-11-13-15-17-19-21-23-25-26-27-28-29-30-31-33-35-37-39-41-43-45-47-49-51-61(79)74-56(57(78)50-48-46-44-42-40-38-36-34-32-24-22-20-18-16-14-12-10-8-6-4-2)55-87-71-67(85)64(82)69(59(53-76)89-71)92-73-68(86)65(83)70(60(54-77)90-73)91-72-66(84)63(81)62(80)58(52-75)88-72/h5,7,11,13,17,19,23,25,27-28,30-31,35,37,41,43,56-60,62-73,75-78,80-86H,3-4,6,8-10,12,14-16,18,20-22,24,26,29,32-34,36,38-40,42,44-55H2,1-2H3,(H,74,79)/b7-5-,13-11-,19-17-,25-23-,28-27-,31-30-,37-35-,43-41-. The van der Waals surface area contributed by atoms with Gasteiger partial charge in [0.15, 0.2) is 18.9 Å². The van der Waals surface area contributed by atoms with Crippen LogP contribution < -0.4 is 5.32 Å². The Morgan fingerprint density at radius 1 is 0.402 bits per heavy atom. The van der Waals surface area contributed by atoms with E-state index in [0.29, 0.717) is 19.3 Å². The van der Waals surface area contributed by atoms with Gasteiger partial charge in [-0.05, 0) is 77.0 Å². The van der Waals surface area contributed by atoms with Crippen LogP contribution in [0.2, 0.25) is 0 Å². The van der Waals surface area contributed by atoms with Gasteiger partial charge in [-0.2, -0.15) is 0 Å². The SMILES string of the molecule is CC/C=C\C/C=C\C/C=C\C/C=C\C/C=C\C/C=C\C/C=C\C/C=C\CCCCC(=O)NC(COC1OC(CO)C(OC2OC(CO)C(OC3OC(CO)C(O)C(O)C3O)C(O)C2O)C(O)C1O)C(O)CCCCCCCCCCCCCCCCCCCCCC. The Bertz CT molecular complexity index is 2040. The summed E-state index contributed by atoms with van der Waals surface area (Å²) in [6.07, 6.45) is 43.3. The van der Waals surface area contributed by atoms with Crippen molar-refractivity contribution in [3.05, 3.63) is 97.2 Å². The van der Waals surface area contributed by atoms with Crippen molar-refractivity contribution < 1.29 is 89.4 Å². The molecule has 19 heteroatoms. The Kier molecular flexibility index (Phi) is 48.5. The van der Waals surface area contributed by atoms with Crippen LogP contribution in [-0.4, -0.2) is 193 Å². The van der Waals surface area contributed by atoms with Gasteiger partial charge in [0.2, 0.25) is 5.91 Å². The molecule has 0 aliphatic carbocycles. The lowest BCUT2D eigenvalue weighted by Crippen LogP contribution is -2.66. The number of amides is 1. The predicted molar refractivity (Wildman–Crippen MR) is 360 cm³/mol. The summed E-state index contributed by atoms with van der Waals surface area (Å²) < 4.78 is 34.4. The van der Waals surface area contributed by atoms with Crippen LogP contribution in [0.5, 0.6) is 0 Å². The number of aliphatic hydroxyl groups excluding tert-OH is 11. The molecule has 3 saturated heterocycles. The fraction of sp³-hybridized carbons (Fsp3) is 0.767. The van der Waals surface area contributed by atoms with Crippen molar-refractivity contribution in [2.45, 2.75) is 330 Å². The second kappa shape index (κ2) is 53.8. The molecule has 12 N–H and O–H groups in total. The number of unbranched alkanes of at least 4 members (excludes halogenated alkanes) is 21. The van der Waals surface area contributed by atoms with E-state index in [4.69, 9.17) is 28.4 Å². The van der Waals surface area contributed by atoms with Crippen molar-refractivity contribution in [1.82, 2.24) is 5.32 Å². The van der Waals surface area contributed by atoms with Crippen LogP contribution >= 0.6 is 0 Å². The molecule has 17 atom stereocenters. The van der Waals surface area contributed by atoms with Gasteiger partial charge in [0.05, 0.1) is 38.6 Å². The summed E-state index contributed by atoms with van der Waals surface area (Å²) in [7, 11) is 0. The molecule has 0 radical (unpaired) electrons. The largest absolute Gasteiger partial charge is 0.394 e. The molecule has 3 aliphatic rings. The highest BCUT2D eigenvalue weighted by Crippen LogP contribution is 2.33. The van der Waals surface area contributed by atoms with Crippen LogP contribution in [-0.2, 0) is 33.2 Å². The Hall–Kier alpha value is -3.29. The maximum Gasteiger partial charge on any atom is 0.220 e. The average molecular weight is 1300 g/mol. The third kappa shape index (κ3) is 35.1. The number of nitrogens with one attached hydrogen (secondary N) is 1. The molecular formula is C73H125NO18. The number of ether oxygens (including phenoxy) is 6. The molecule has 0 aromatic rings. The minimum Gasteiger partial charge on any atom is -0.394 e. The van der Waals surface area contributed by atoms with Gasteiger partial charge in [-0.3, -0.25) is 4.79 Å². The van der Waals surface area contributed by atoms with Crippen molar-refractivity contribution in [3.8, 4) is 0 Å². The van der Waals surface area contributed by atoms with Crippen molar-refractivity contribution in [1.29, 1.82) is 0 Å². The fourth-order valence-corrected chi connectivity index (χ4v) is 11.4. The van der Waals surface area contributed by atoms with Gasteiger partial charge < -0.3 is 89.9 Å². The molecule has 19 nitrogen and oxygen atoms in total. The summed E-state index contributed by atoms with van der Waals surface area (Å²) >= 11 is 0. The van der Waals surface area contributed by atoms with Crippen LogP contribution in [0.15, 0.2) is 97.2 Å². The molecule has 3 fully saturated rings. The first-order chi connectivity index (χ1) is 44.8. The Balaban J connectivity index is 1.45. The molecule has 1 amide bonds. The summed E-state index contributed by atoms with van der Waals surface area (Å²) in [6, 6.07) is -0.919. The number of hydrogen-bond acceptors (Lipinski definition) is 18. The van der Waals surface area contributed by atoms with Gasteiger partial charge in [0, 0.05) is 6.42 Å². The van der Waals surface area contributed by atoms with Crippen LogP contribution in [0.3, 0.4) is 0 Å². The summed E-state index contributed by atoms with van der Waals surface area (Å²) in [5.41, 5.74) is 0. The molecule has 0 bridgehead atoms. The highest BCUT2D eigenvalue weighted by Gasteiger charge is 2.53. The monoisotopic (exact) mass is 1300 g/mol. The van der Waals surface area contributed by atoms with E-state index in [2.05, 4.69) is 116 Å². The number of hydrogen-bond donors (Lipinski definition) is 12. The van der Waals surface area contributed by atoms with Crippen LogP contribution in [0.25, 0.3) is 0 Å². The molecule has 0 saturated carbocycles. The number of carbonyl (C=O) groups excluding carboxylic acids is 1. The molecule has 3 rings (SSSR count). The van der Waals surface area contributed by atoms with Gasteiger partial charge in [0.25, 0.3) is 0 Å². The lowest BCUT2D eigenvalue weighted by molar-refractivity contribution is -0.379. The van der Waals surface area contributed by atoms with Gasteiger partial charge in [0.1, 0.15) is 73.2 Å². The molecule has 0 aromatic heterocycles. The van der Waals surface area contributed by atoms with Crippen molar-refractivity contribution in [3.63, 3.8) is 0 Å². The van der Waals surface area contributed by atoms with E-state index in [0.717, 1.165) is 83.5 Å². The highest BCUT2D eigenvalue weighted by atomic mass is 16.8. The van der Waals surface area contributed by atoms with E-state index >= 15 is 0 Å². The molecule has 3 heterocycles. The summed E-state index contributed by atoms with van der Waals surface area (Å²) in [4.78, 5) is 13.4. The zero-order valence-electron chi connectivity index (χ0n) is 56.0. The van der Waals surface area contributed by atoms with E-state index in [9.17, 15) is 61.0 Å². The lowest BCUT2D eigenvalue weighted by Gasteiger charge is -2.48. The van der Waals surface area contributed by atoms with Crippen LogP contribution in [0, 0.1) is 0 Å². The van der Waals surface area contributed by atoms with Crippen LogP contribution in [0.1, 0.15) is 226 Å². The summed E-state index contributed by atoms with van der Waals surface area (Å²) in [6.45, 7) is 1.65. The number of rotatable bonds is 53. The van der Waals surface area contributed by atoms with Gasteiger partial charge in [-0.1, -0.05) is 239 Å². The molecule has 17 unspecified atom stereocenters. The molecular weight excluding hydrogens is 1180 g/mol. The van der Waals surface area contributed by atoms with E-state index in [1.54, 1.807) is 0 Å². The maximum absolute atomic E-state index is 13.4. The molecule has 0 aromatic carbocycles.